The molecule has 1 fully saturated rings. The molecule has 2 aromatic carbocycles. The van der Waals surface area contributed by atoms with Crippen LogP contribution in [0.3, 0.4) is 0 Å². The van der Waals surface area contributed by atoms with E-state index in [1.165, 1.54) is 47.9 Å². The minimum atomic E-state index is 0.490. The monoisotopic (exact) mass is 401 g/mol. The van der Waals surface area contributed by atoms with Gasteiger partial charge in [-0.25, -0.2) is 0 Å². The number of hydrogen-bond donors (Lipinski definition) is 1. The maximum absolute atomic E-state index is 3.43. The summed E-state index contributed by atoms with van der Waals surface area (Å²) in [6.45, 7) is 10.5. The third-order valence-electron chi connectivity index (χ3n) is 6.52. The number of nitrogens with one attached hydrogen (secondary N) is 1. The van der Waals surface area contributed by atoms with E-state index in [-0.39, 0.29) is 0 Å². The van der Waals surface area contributed by atoms with Gasteiger partial charge in [-0.3, -0.25) is 0 Å². The molecule has 0 amide bonds. The fourth-order valence-electron chi connectivity index (χ4n) is 5.06. The van der Waals surface area contributed by atoms with Gasteiger partial charge in [0.15, 0.2) is 0 Å². The zero-order valence-electron chi connectivity index (χ0n) is 19.4. The third-order valence-corrected chi connectivity index (χ3v) is 6.52. The smallest absolute Gasteiger partial charge is 0.0158 e. The molecule has 30 heavy (non-hydrogen) atoms. The summed E-state index contributed by atoms with van der Waals surface area (Å²) >= 11 is 0. The second kappa shape index (κ2) is 11.3. The van der Waals surface area contributed by atoms with Crippen molar-refractivity contribution in [2.75, 3.05) is 13.1 Å². The first kappa shape index (κ1) is 22.6. The van der Waals surface area contributed by atoms with E-state index in [0.29, 0.717) is 11.8 Å². The lowest BCUT2D eigenvalue weighted by molar-refractivity contribution is 0.509. The Kier molecular flexibility index (Phi) is 8.51. The van der Waals surface area contributed by atoms with Crippen LogP contribution in [0.4, 0.5) is 0 Å². The van der Waals surface area contributed by atoms with Crippen LogP contribution in [0.25, 0.3) is 0 Å². The molecule has 0 bridgehead atoms. The van der Waals surface area contributed by atoms with Gasteiger partial charge in [-0.1, -0.05) is 81.5 Å². The van der Waals surface area contributed by atoms with Crippen molar-refractivity contribution < 1.29 is 0 Å². The summed E-state index contributed by atoms with van der Waals surface area (Å²) < 4.78 is 0. The number of likely N-dealkylation sites (N-methyl/N-ethyl adjacent to an activating group) is 1. The molecule has 0 aromatic heterocycles. The van der Waals surface area contributed by atoms with Crippen LogP contribution >= 0.6 is 0 Å². The SMILES string of the molecule is CC.CCNCCc1ccc(C2C3=CCCC=C3CCC2c2ccccc2C)cc1. The summed E-state index contributed by atoms with van der Waals surface area (Å²) in [5.74, 6) is 1.07. The molecule has 2 aliphatic rings. The summed E-state index contributed by atoms with van der Waals surface area (Å²) in [5, 5.41) is 3.43. The van der Waals surface area contributed by atoms with Crippen LogP contribution in [0.5, 0.6) is 0 Å². The lowest BCUT2D eigenvalue weighted by atomic mass is 9.66. The highest BCUT2D eigenvalue weighted by atomic mass is 14.8. The fourth-order valence-corrected chi connectivity index (χ4v) is 5.06. The number of fused-ring (bicyclic) bond motifs is 1. The highest BCUT2D eigenvalue weighted by Crippen LogP contribution is 2.51. The molecule has 1 nitrogen and oxygen atoms in total. The van der Waals surface area contributed by atoms with Gasteiger partial charge < -0.3 is 5.32 Å². The average molecular weight is 402 g/mol. The van der Waals surface area contributed by atoms with Gasteiger partial charge in [0.1, 0.15) is 0 Å². The molecule has 0 radical (unpaired) electrons. The molecule has 0 spiro atoms. The fraction of sp³-hybridized carbons (Fsp3) is 0.448. The highest BCUT2D eigenvalue weighted by molar-refractivity contribution is 5.50. The Morgan fingerprint density at radius 3 is 2.40 bits per heavy atom. The molecule has 2 aromatic rings. The van der Waals surface area contributed by atoms with Gasteiger partial charge in [0, 0.05) is 5.92 Å². The van der Waals surface area contributed by atoms with E-state index in [1.807, 2.05) is 13.8 Å². The highest BCUT2D eigenvalue weighted by Gasteiger charge is 2.34. The normalized spacial score (nSPS) is 20.4. The van der Waals surface area contributed by atoms with Crippen LogP contribution < -0.4 is 5.32 Å². The Morgan fingerprint density at radius 2 is 1.67 bits per heavy atom. The second-order valence-electron chi connectivity index (χ2n) is 8.29. The van der Waals surface area contributed by atoms with Gasteiger partial charge in [-0.05, 0) is 91.4 Å². The van der Waals surface area contributed by atoms with E-state index >= 15 is 0 Å². The number of benzene rings is 2. The van der Waals surface area contributed by atoms with Crippen LogP contribution in [-0.2, 0) is 6.42 Å². The molecule has 2 aliphatic carbocycles. The molecular formula is C29H39N. The summed E-state index contributed by atoms with van der Waals surface area (Å²) in [6, 6.07) is 18.5. The topological polar surface area (TPSA) is 12.0 Å². The molecule has 1 N–H and O–H groups in total. The van der Waals surface area contributed by atoms with E-state index in [1.54, 1.807) is 11.1 Å². The van der Waals surface area contributed by atoms with E-state index < -0.39 is 0 Å². The predicted octanol–water partition coefficient (Wildman–Crippen LogP) is 7.48. The molecule has 160 valence electrons. The number of aryl methyl sites for hydroxylation is 1. The van der Waals surface area contributed by atoms with Gasteiger partial charge in [0.2, 0.25) is 0 Å². The minimum absolute atomic E-state index is 0.490. The minimum Gasteiger partial charge on any atom is -0.317 e. The Bertz CT molecular complexity index is 856. The largest absolute Gasteiger partial charge is 0.317 e. The van der Waals surface area contributed by atoms with Crippen LogP contribution in [0.1, 0.15) is 80.5 Å². The molecule has 4 rings (SSSR count). The molecule has 0 saturated heterocycles. The van der Waals surface area contributed by atoms with Crippen molar-refractivity contribution in [3.8, 4) is 0 Å². The predicted molar refractivity (Wildman–Crippen MR) is 131 cm³/mol. The number of rotatable bonds is 6. The molecule has 1 heteroatoms. The third kappa shape index (κ3) is 5.13. The van der Waals surface area contributed by atoms with Crippen molar-refractivity contribution in [3.05, 3.63) is 94.1 Å². The zero-order chi connectivity index (χ0) is 21.3. The van der Waals surface area contributed by atoms with Gasteiger partial charge in [-0.15, -0.1) is 0 Å². The summed E-state index contributed by atoms with van der Waals surface area (Å²) in [7, 11) is 0. The maximum atomic E-state index is 3.43. The van der Waals surface area contributed by atoms with Crippen LogP contribution in [0.15, 0.2) is 71.8 Å². The molecule has 1 saturated carbocycles. The van der Waals surface area contributed by atoms with E-state index in [9.17, 15) is 0 Å². The van der Waals surface area contributed by atoms with Crippen molar-refractivity contribution in [2.45, 2.75) is 71.6 Å². The Hall–Kier alpha value is -2.12. The van der Waals surface area contributed by atoms with Crippen molar-refractivity contribution in [2.24, 2.45) is 0 Å². The van der Waals surface area contributed by atoms with Crippen molar-refractivity contribution in [1.29, 1.82) is 0 Å². The van der Waals surface area contributed by atoms with Crippen molar-refractivity contribution >= 4 is 0 Å². The van der Waals surface area contributed by atoms with Crippen LogP contribution in [0, 0.1) is 6.92 Å². The first-order valence-electron chi connectivity index (χ1n) is 12.0. The molecule has 0 heterocycles. The first-order chi connectivity index (χ1) is 14.8. The molecule has 0 aliphatic heterocycles. The molecule has 2 atom stereocenters. The van der Waals surface area contributed by atoms with Crippen molar-refractivity contribution in [3.63, 3.8) is 0 Å². The number of hydrogen-bond acceptors (Lipinski definition) is 1. The first-order valence-corrected chi connectivity index (χ1v) is 12.0. The molecular weight excluding hydrogens is 362 g/mol. The summed E-state index contributed by atoms with van der Waals surface area (Å²) in [4.78, 5) is 0. The van der Waals surface area contributed by atoms with Crippen LogP contribution in [0.2, 0.25) is 0 Å². The Morgan fingerprint density at radius 1 is 0.933 bits per heavy atom. The van der Waals surface area contributed by atoms with Crippen molar-refractivity contribution in [1.82, 2.24) is 5.32 Å². The lowest BCUT2D eigenvalue weighted by Gasteiger charge is -2.38. The number of allylic oxidation sites excluding steroid dienone is 4. The lowest BCUT2D eigenvalue weighted by Crippen LogP contribution is -2.22. The van der Waals surface area contributed by atoms with Gasteiger partial charge >= 0.3 is 0 Å². The van der Waals surface area contributed by atoms with Gasteiger partial charge in [-0.2, -0.15) is 0 Å². The summed E-state index contributed by atoms with van der Waals surface area (Å²) in [6.07, 6.45) is 11.0. The quantitative estimate of drug-likeness (QED) is 0.495. The van der Waals surface area contributed by atoms with Gasteiger partial charge in [0.25, 0.3) is 0 Å². The zero-order valence-corrected chi connectivity index (χ0v) is 19.4. The van der Waals surface area contributed by atoms with E-state index in [4.69, 9.17) is 0 Å². The Balaban J connectivity index is 0.00000124. The van der Waals surface area contributed by atoms with Crippen LogP contribution in [-0.4, -0.2) is 13.1 Å². The standard InChI is InChI=1S/C27H33N.C2H6/c1-3-28-19-18-21-12-14-23(15-13-21)27-25-11-7-5-9-22(25)16-17-26(27)24-10-6-4-8-20(24)2;1-2/h4,6,8-15,26-28H,3,5,7,16-19H2,1-2H3;1-2H3. The Labute approximate surface area is 184 Å². The average Bonchev–Trinajstić information content (AvgIpc) is 2.81. The van der Waals surface area contributed by atoms with E-state index in [0.717, 1.165) is 19.5 Å². The van der Waals surface area contributed by atoms with Gasteiger partial charge in [0.05, 0.1) is 0 Å². The summed E-state index contributed by atoms with van der Waals surface area (Å²) in [5.41, 5.74) is 9.10. The second-order valence-corrected chi connectivity index (χ2v) is 8.29. The molecule has 2 unspecified atom stereocenters. The maximum Gasteiger partial charge on any atom is 0.0158 e. The van der Waals surface area contributed by atoms with E-state index in [2.05, 4.69) is 79.8 Å².